The second kappa shape index (κ2) is 6.00. The normalized spacial score (nSPS) is 11.2. The van der Waals surface area contributed by atoms with E-state index in [0.717, 1.165) is 22.3 Å². The summed E-state index contributed by atoms with van der Waals surface area (Å²) in [6.45, 7) is 1.89. The van der Waals surface area contributed by atoms with Crippen molar-refractivity contribution in [2.45, 2.75) is 17.8 Å². The molecule has 0 aliphatic heterocycles. The maximum absolute atomic E-state index is 5.58. The highest BCUT2D eigenvalue weighted by Crippen LogP contribution is 2.28. The Morgan fingerprint density at radius 1 is 1.08 bits per heavy atom. The van der Waals surface area contributed by atoms with Crippen LogP contribution in [0.2, 0.25) is 0 Å². The van der Waals surface area contributed by atoms with Crippen molar-refractivity contribution in [2.75, 3.05) is 0 Å². The monoisotopic (exact) mass is 343 g/mol. The molecular formula is C15H13N5O3S. The van der Waals surface area contributed by atoms with E-state index in [1.54, 1.807) is 24.7 Å². The highest BCUT2D eigenvalue weighted by molar-refractivity contribution is 7.98. The van der Waals surface area contributed by atoms with Gasteiger partial charge in [-0.15, -0.1) is 20.4 Å². The first-order valence-corrected chi connectivity index (χ1v) is 8.14. The minimum Gasteiger partial charge on any atom is -0.469 e. The summed E-state index contributed by atoms with van der Waals surface area (Å²) in [6.07, 6.45) is 3.20. The standard InChI is InChI=1S/C15H13N5O3S/c1-9-10(5-7-21-9)13-17-19-15(20(13)2)24-8-12-16-18-14(23-12)11-4-3-6-22-11/h3-7H,8H2,1-2H3. The number of hydrogen-bond donors (Lipinski definition) is 0. The van der Waals surface area contributed by atoms with Crippen molar-refractivity contribution in [2.24, 2.45) is 7.05 Å². The highest BCUT2D eigenvalue weighted by Gasteiger charge is 2.16. The average molecular weight is 343 g/mol. The van der Waals surface area contributed by atoms with Gasteiger partial charge < -0.3 is 17.8 Å². The van der Waals surface area contributed by atoms with E-state index in [9.17, 15) is 0 Å². The van der Waals surface area contributed by atoms with Gasteiger partial charge in [-0.05, 0) is 25.1 Å². The van der Waals surface area contributed by atoms with Crippen LogP contribution in [0, 0.1) is 6.92 Å². The molecule has 8 nitrogen and oxygen atoms in total. The Morgan fingerprint density at radius 3 is 2.75 bits per heavy atom. The molecule has 0 fully saturated rings. The van der Waals surface area contributed by atoms with E-state index in [-0.39, 0.29) is 0 Å². The van der Waals surface area contributed by atoms with Crippen LogP contribution in [0.15, 0.2) is 49.1 Å². The first-order valence-electron chi connectivity index (χ1n) is 7.15. The fraction of sp³-hybridized carbons (Fsp3) is 0.200. The van der Waals surface area contributed by atoms with Crippen LogP contribution in [-0.4, -0.2) is 25.0 Å². The summed E-state index contributed by atoms with van der Waals surface area (Å²) in [6, 6.07) is 5.42. The van der Waals surface area contributed by atoms with Crippen LogP contribution in [0.1, 0.15) is 11.7 Å². The lowest BCUT2D eigenvalue weighted by atomic mass is 10.2. The number of thioether (sulfide) groups is 1. The number of rotatable bonds is 5. The summed E-state index contributed by atoms with van der Waals surface area (Å²) in [5.74, 6) is 3.46. The molecule has 0 saturated heterocycles. The number of nitrogens with zero attached hydrogens (tertiary/aromatic N) is 5. The topological polar surface area (TPSA) is 95.9 Å². The Hall–Kier alpha value is -2.81. The molecule has 0 aliphatic rings. The Morgan fingerprint density at radius 2 is 2.00 bits per heavy atom. The third kappa shape index (κ3) is 2.62. The molecule has 0 aromatic carbocycles. The van der Waals surface area contributed by atoms with Crippen LogP contribution in [0.3, 0.4) is 0 Å². The minimum absolute atomic E-state index is 0.364. The summed E-state index contributed by atoms with van der Waals surface area (Å²) >= 11 is 1.47. The maximum atomic E-state index is 5.58. The molecule has 4 heterocycles. The van der Waals surface area contributed by atoms with Gasteiger partial charge in [-0.1, -0.05) is 11.8 Å². The average Bonchev–Trinajstić information content (AvgIpc) is 3.33. The number of aromatic nitrogens is 5. The molecule has 0 unspecified atom stereocenters. The van der Waals surface area contributed by atoms with Crippen molar-refractivity contribution in [1.29, 1.82) is 0 Å². The van der Waals surface area contributed by atoms with Gasteiger partial charge >= 0.3 is 0 Å². The molecule has 122 valence electrons. The molecule has 0 aliphatic carbocycles. The third-order valence-electron chi connectivity index (χ3n) is 3.46. The van der Waals surface area contributed by atoms with Gasteiger partial charge in [0.15, 0.2) is 16.7 Å². The summed E-state index contributed by atoms with van der Waals surface area (Å²) in [4.78, 5) is 0. The second-order valence-electron chi connectivity index (χ2n) is 5.02. The molecule has 0 saturated carbocycles. The summed E-state index contributed by atoms with van der Waals surface area (Å²) < 4.78 is 18.0. The molecule has 0 radical (unpaired) electrons. The highest BCUT2D eigenvalue weighted by atomic mass is 32.2. The van der Waals surface area contributed by atoms with Crippen molar-refractivity contribution in [3.8, 4) is 23.0 Å². The Balaban J connectivity index is 1.49. The predicted molar refractivity (Wildman–Crippen MR) is 85.0 cm³/mol. The van der Waals surface area contributed by atoms with E-state index in [0.29, 0.717) is 23.3 Å². The molecule has 4 aromatic rings. The largest absolute Gasteiger partial charge is 0.469 e. The zero-order chi connectivity index (χ0) is 16.5. The third-order valence-corrected chi connectivity index (χ3v) is 4.46. The van der Waals surface area contributed by atoms with E-state index in [1.165, 1.54) is 11.8 Å². The van der Waals surface area contributed by atoms with Crippen molar-refractivity contribution in [3.05, 3.63) is 42.4 Å². The summed E-state index contributed by atoms with van der Waals surface area (Å²) in [5.41, 5.74) is 0.926. The molecule has 0 atom stereocenters. The zero-order valence-electron chi connectivity index (χ0n) is 13.0. The van der Waals surface area contributed by atoms with E-state index < -0.39 is 0 Å². The number of furan rings is 2. The molecule has 9 heteroatoms. The van der Waals surface area contributed by atoms with E-state index in [2.05, 4.69) is 20.4 Å². The molecule has 4 rings (SSSR count). The Bertz CT molecular complexity index is 954. The van der Waals surface area contributed by atoms with E-state index >= 15 is 0 Å². The van der Waals surface area contributed by atoms with Gasteiger partial charge in [-0.2, -0.15) is 0 Å². The van der Waals surface area contributed by atoms with Gasteiger partial charge in [-0.25, -0.2) is 0 Å². The van der Waals surface area contributed by atoms with Crippen molar-refractivity contribution < 1.29 is 13.3 Å². The quantitative estimate of drug-likeness (QED) is 0.509. The number of hydrogen-bond acceptors (Lipinski definition) is 8. The lowest BCUT2D eigenvalue weighted by molar-refractivity contribution is 0.494. The van der Waals surface area contributed by atoms with Gasteiger partial charge in [0.05, 0.1) is 23.8 Å². The molecule has 0 bridgehead atoms. The smallest absolute Gasteiger partial charge is 0.283 e. The van der Waals surface area contributed by atoms with E-state index in [4.69, 9.17) is 13.3 Å². The van der Waals surface area contributed by atoms with Crippen molar-refractivity contribution >= 4 is 11.8 Å². The van der Waals surface area contributed by atoms with Gasteiger partial charge in [0.1, 0.15) is 5.76 Å². The van der Waals surface area contributed by atoms with Gasteiger partial charge in [0.2, 0.25) is 5.89 Å². The van der Waals surface area contributed by atoms with Crippen LogP contribution in [0.5, 0.6) is 0 Å². The van der Waals surface area contributed by atoms with Gasteiger partial charge in [-0.3, -0.25) is 0 Å². The molecule has 0 N–H and O–H groups in total. The van der Waals surface area contributed by atoms with Crippen molar-refractivity contribution in [3.63, 3.8) is 0 Å². The molecule has 0 spiro atoms. The molecular weight excluding hydrogens is 330 g/mol. The van der Waals surface area contributed by atoms with E-state index in [1.807, 2.05) is 24.6 Å². The predicted octanol–water partition coefficient (Wildman–Crippen LogP) is 3.32. The van der Waals surface area contributed by atoms with Crippen LogP contribution >= 0.6 is 11.8 Å². The minimum atomic E-state index is 0.364. The van der Waals surface area contributed by atoms with Crippen LogP contribution < -0.4 is 0 Å². The molecule has 4 aromatic heterocycles. The molecule has 24 heavy (non-hydrogen) atoms. The SMILES string of the molecule is Cc1occc1-c1nnc(SCc2nnc(-c3ccco3)o2)n1C. The van der Waals surface area contributed by atoms with Crippen LogP contribution in [0.25, 0.3) is 23.0 Å². The summed E-state index contributed by atoms with van der Waals surface area (Å²) in [5, 5.41) is 17.2. The molecule has 0 amide bonds. The Labute approximate surface area is 140 Å². The van der Waals surface area contributed by atoms with Crippen molar-refractivity contribution in [1.82, 2.24) is 25.0 Å². The Kier molecular flexibility index (Phi) is 3.69. The number of aryl methyl sites for hydroxylation is 1. The first kappa shape index (κ1) is 14.8. The lowest BCUT2D eigenvalue weighted by Crippen LogP contribution is -1.95. The second-order valence-corrected chi connectivity index (χ2v) is 5.97. The van der Waals surface area contributed by atoms with Crippen LogP contribution in [0.4, 0.5) is 0 Å². The van der Waals surface area contributed by atoms with Gasteiger partial charge in [0, 0.05) is 7.05 Å². The summed E-state index contributed by atoms with van der Waals surface area (Å²) in [7, 11) is 1.91. The van der Waals surface area contributed by atoms with Crippen LogP contribution in [-0.2, 0) is 12.8 Å². The maximum Gasteiger partial charge on any atom is 0.283 e. The van der Waals surface area contributed by atoms with Gasteiger partial charge in [0.25, 0.3) is 5.89 Å². The lowest BCUT2D eigenvalue weighted by Gasteiger charge is -2.01. The fourth-order valence-corrected chi connectivity index (χ4v) is 2.98. The zero-order valence-corrected chi connectivity index (χ0v) is 13.8. The first-order chi connectivity index (χ1) is 11.7. The fourth-order valence-electron chi connectivity index (χ4n) is 2.23.